The number of fused-ring (bicyclic) bond motifs is 1. The number of carbonyl (C=O) groups is 1. The average molecular weight is 411 g/mol. The molecule has 0 aromatic carbocycles. The first-order valence-electron chi connectivity index (χ1n) is 10.2. The SMILES string of the molecule is CCC1CCC(N(C)C(=O)CCc2c(C)nc3nc(C(F)(F)F)nn3c2C)CC1. The molecule has 160 valence electrons. The van der Waals surface area contributed by atoms with Gasteiger partial charge in [0, 0.05) is 30.9 Å². The summed E-state index contributed by atoms with van der Waals surface area (Å²) < 4.78 is 39.8. The second kappa shape index (κ2) is 8.28. The number of aromatic nitrogens is 4. The molecule has 0 N–H and O–H groups in total. The van der Waals surface area contributed by atoms with Crippen molar-refractivity contribution >= 4 is 11.7 Å². The van der Waals surface area contributed by atoms with Crippen molar-refractivity contribution in [3.8, 4) is 0 Å². The predicted molar refractivity (Wildman–Crippen MR) is 102 cm³/mol. The molecule has 6 nitrogen and oxygen atoms in total. The van der Waals surface area contributed by atoms with E-state index in [1.165, 1.54) is 6.42 Å². The number of hydrogen-bond acceptors (Lipinski definition) is 4. The highest BCUT2D eigenvalue weighted by Crippen LogP contribution is 2.30. The van der Waals surface area contributed by atoms with Gasteiger partial charge in [0.1, 0.15) is 0 Å². The minimum Gasteiger partial charge on any atom is -0.343 e. The molecular formula is C20H28F3N5O. The molecule has 0 spiro atoms. The van der Waals surface area contributed by atoms with E-state index < -0.39 is 12.0 Å². The third-order valence-electron chi connectivity index (χ3n) is 6.23. The van der Waals surface area contributed by atoms with E-state index >= 15 is 0 Å². The van der Waals surface area contributed by atoms with Gasteiger partial charge in [0.2, 0.25) is 5.91 Å². The quantitative estimate of drug-likeness (QED) is 0.743. The van der Waals surface area contributed by atoms with Crippen LogP contribution >= 0.6 is 0 Å². The van der Waals surface area contributed by atoms with Crippen molar-refractivity contribution in [2.75, 3.05) is 7.05 Å². The van der Waals surface area contributed by atoms with E-state index in [1.54, 1.807) is 13.8 Å². The number of carbonyl (C=O) groups excluding carboxylic acids is 1. The monoisotopic (exact) mass is 411 g/mol. The number of hydrogen-bond donors (Lipinski definition) is 0. The van der Waals surface area contributed by atoms with Crippen LogP contribution in [0, 0.1) is 19.8 Å². The van der Waals surface area contributed by atoms with Gasteiger partial charge >= 0.3 is 6.18 Å². The molecule has 0 bridgehead atoms. The molecule has 0 aliphatic heterocycles. The summed E-state index contributed by atoms with van der Waals surface area (Å²) in [5, 5.41) is 3.56. The molecule has 1 amide bonds. The van der Waals surface area contributed by atoms with Crippen LogP contribution in [-0.2, 0) is 17.4 Å². The average Bonchev–Trinajstić information content (AvgIpc) is 3.11. The minimum absolute atomic E-state index is 0.0541. The van der Waals surface area contributed by atoms with Crippen molar-refractivity contribution in [2.45, 2.75) is 77.9 Å². The standard InChI is InChI=1S/C20H28F3N5O/c1-5-14-6-8-15(9-7-14)27(4)17(29)11-10-16-12(2)24-19-25-18(20(21,22)23)26-28(19)13(16)3/h14-15H,5-11H2,1-4H3. The van der Waals surface area contributed by atoms with Crippen molar-refractivity contribution in [2.24, 2.45) is 5.92 Å². The molecule has 0 atom stereocenters. The van der Waals surface area contributed by atoms with Crippen molar-refractivity contribution in [3.05, 3.63) is 22.8 Å². The van der Waals surface area contributed by atoms with E-state index in [0.29, 0.717) is 24.2 Å². The van der Waals surface area contributed by atoms with E-state index in [-0.39, 0.29) is 17.7 Å². The summed E-state index contributed by atoms with van der Waals surface area (Å²) in [7, 11) is 1.85. The van der Waals surface area contributed by atoms with E-state index in [4.69, 9.17) is 0 Å². The summed E-state index contributed by atoms with van der Waals surface area (Å²) in [6.45, 7) is 5.62. The van der Waals surface area contributed by atoms with Gasteiger partial charge in [-0.05, 0) is 57.4 Å². The Morgan fingerprint density at radius 3 is 2.41 bits per heavy atom. The number of alkyl halides is 3. The van der Waals surface area contributed by atoms with Gasteiger partial charge in [0.15, 0.2) is 0 Å². The van der Waals surface area contributed by atoms with E-state index in [0.717, 1.165) is 41.7 Å². The van der Waals surface area contributed by atoms with Crippen LogP contribution in [-0.4, -0.2) is 43.5 Å². The summed E-state index contributed by atoms with van der Waals surface area (Å²) in [4.78, 5) is 22.2. The third-order valence-corrected chi connectivity index (χ3v) is 6.23. The molecule has 2 aromatic heterocycles. The van der Waals surface area contributed by atoms with Crippen LogP contribution in [0.25, 0.3) is 5.78 Å². The third kappa shape index (κ3) is 4.53. The van der Waals surface area contributed by atoms with Crippen LogP contribution in [0.3, 0.4) is 0 Å². The lowest BCUT2D eigenvalue weighted by atomic mass is 9.84. The zero-order chi connectivity index (χ0) is 21.3. The van der Waals surface area contributed by atoms with Crippen molar-refractivity contribution in [1.29, 1.82) is 0 Å². The normalized spacial score (nSPS) is 20.2. The highest BCUT2D eigenvalue weighted by atomic mass is 19.4. The maximum Gasteiger partial charge on any atom is 0.453 e. The van der Waals surface area contributed by atoms with Crippen LogP contribution in [0.4, 0.5) is 13.2 Å². The first kappa shape index (κ1) is 21.5. The Kier molecular flexibility index (Phi) is 6.14. The predicted octanol–water partition coefficient (Wildman–Crippen LogP) is 4.12. The molecule has 3 rings (SSSR count). The molecule has 0 radical (unpaired) electrons. The topological polar surface area (TPSA) is 63.4 Å². The lowest BCUT2D eigenvalue weighted by Crippen LogP contribution is -2.39. The lowest BCUT2D eigenvalue weighted by Gasteiger charge is -2.34. The molecule has 1 fully saturated rings. The van der Waals surface area contributed by atoms with Gasteiger partial charge in [-0.15, -0.1) is 5.10 Å². The van der Waals surface area contributed by atoms with Crippen molar-refractivity contribution < 1.29 is 18.0 Å². The van der Waals surface area contributed by atoms with Gasteiger partial charge in [-0.25, -0.2) is 9.50 Å². The van der Waals surface area contributed by atoms with Crippen molar-refractivity contribution in [3.63, 3.8) is 0 Å². The fourth-order valence-corrected chi connectivity index (χ4v) is 4.24. The van der Waals surface area contributed by atoms with Gasteiger partial charge in [-0.2, -0.15) is 18.2 Å². The van der Waals surface area contributed by atoms with Gasteiger partial charge in [0.05, 0.1) is 0 Å². The van der Waals surface area contributed by atoms with E-state index in [1.807, 2.05) is 11.9 Å². The molecular weight excluding hydrogens is 383 g/mol. The molecule has 2 aromatic rings. The Balaban J connectivity index is 1.70. The second-order valence-corrected chi connectivity index (χ2v) is 7.99. The summed E-state index contributed by atoms with van der Waals surface area (Å²) in [6.07, 6.45) is 1.66. The summed E-state index contributed by atoms with van der Waals surface area (Å²) in [5.74, 6) is -0.462. The van der Waals surface area contributed by atoms with Gasteiger partial charge < -0.3 is 4.90 Å². The zero-order valence-electron chi connectivity index (χ0n) is 17.4. The molecule has 1 aliphatic carbocycles. The minimum atomic E-state index is -4.62. The van der Waals surface area contributed by atoms with Crippen LogP contribution in [0.1, 0.15) is 68.2 Å². The van der Waals surface area contributed by atoms with E-state index in [9.17, 15) is 18.0 Å². The summed E-state index contributed by atoms with van der Waals surface area (Å²) in [5.41, 5.74) is 1.86. The Morgan fingerprint density at radius 1 is 1.17 bits per heavy atom. The maximum atomic E-state index is 12.9. The maximum absolute atomic E-state index is 12.9. The Bertz CT molecular complexity index is 884. The lowest BCUT2D eigenvalue weighted by molar-refractivity contribution is -0.144. The fraction of sp³-hybridized carbons (Fsp3) is 0.700. The van der Waals surface area contributed by atoms with Crippen LogP contribution in [0.2, 0.25) is 0 Å². The summed E-state index contributed by atoms with van der Waals surface area (Å²) in [6, 6.07) is 0.276. The molecule has 29 heavy (non-hydrogen) atoms. The van der Waals surface area contributed by atoms with Crippen molar-refractivity contribution in [1.82, 2.24) is 24.5 Å². The van der Waals surface area contributed by atoms with Gasteiger partial charge in [-0.3, -0.25) is 4.79 Å². The largest absolute Gasteiger partial charge is 0.453 e. The fourth-order valence-electron chi connectivity index (χ4n) is 4.24. The number of nitrogens with zero attached hydrogens (tertiary/aromatic N) is 5. The molecule has 0 unspecified atom stereocenters. The molecule has 1 aliphatic rings. The Labute approximate surface area is 168 Å². The van der Waals surface area contributed by atoms with Gasteiger partial charge in [-0.1, -0.05) is 13.3 Å². The van der Waals surface area contributed by atoms with Crippen LogP contribution < -0.4 is 0 Å². The van der Waals surface area contributed by atoms with Crippen LogP contribution in [0.5, 0.6) is 0 Å². The number of halogens is 3. The Morgan fingerprint density at radius 2 is 1.83 bits per heavy atom. The van der Waals surface area contributed by atoms with Gasteiger partial charge in [0.25, 0.3) is 11.6 Å². The Hall–Kier alpha value is -2.19. The second-order valence-electron chi connectivity index (χ2n) is 7.99. The smallest absolute Gasteiger partial charge is 0.343 e. The first-order chi connectivity index (χ1) is 13.6. The zero-order valence-corrected chi connectivity index (χ0v) is 17.4. The van der Waals surface area contributed by atoms with E-state index in [2.05, 4.69) is 22.0 Å². The molecule has 2 heterocycles. The summed E-state index contributed by atoms with van der Waals surface area (Å²) >= 11 is 0. The molecule has 0 saturated heterocycles. The number of rotatable bonds is 5. The van der Waals surface area contributed by atoms with Crippen LogP contribution in [0.15, 0.2) is 0 Å². The number of amides is 1. The first-order valence-corrected chi connectivity index (χ1v) is 10.2. The molecule has 1 saturated carbocycles. The molecule has 9 heteroatoms. The highest BCUT2D eigenvalue weighted by molar-refractivity contribution is 5.76. The number of aryl methyl sites for hydroxylation is 2. The highest BCUT2D eigenvalue weighted by Gasteiger charge is 2.37.